The molecule has 2 bridgehead atoms. The van der Waals surface area contributed by atoms with E-state index in [1.807, 2.05) is 12.2 Å². The first-order valence-electron chi connectivity index (χ1n) is 6.92. The van der Waals surface area contributed by atoms with Gasteiger partial charge in [0.05, 0.1) is 6.85 Å². The largest absolute Gasteiger partial charge is 0.0801 e. The molecule has 2 aliphatic rings. The second-order valence-electron chi connectivity index (χ2n) is 3.65. The van der Waals surface area contributed by atoms with Gasteiger partial charge in [-0.25, -0.2) is 0 Å². The van der Waals surface area contributed by atoms with Gasteiger partial charge in [-0.1, -0.05) is 54.0 Å². The van der Waals surface area contributed by atoms with E-state index in [1.165, 1.54) is 5.57 Å². The molecule has 0 N–H and O–H groups in total. The third-order valence-corrected chi connectivity index (χ3v) is 2.86. The predicted molar refractivity (Wildman–Crippen MR) is 54.6 cm³/mol. The predicted octanol–water partition coefficient (Wildman–Crippen LogP) is 3.21. The van der Waals surface area contributed by atoms with Crippen molar-refractivity contribution in [1.29, 1.82) is 0 Å². The van der Waals surface area contributed by atoms with Crippen LogP contribution in [0.1, 0.15) is 25.3 Å². The van der Waals surface area contributed by atoms with Crippen LogP contribution in [-0.4, -0.2) is 0 Å². The van der Waals surface area contributed by atoms with Crippen LogP contribution in [0.4, 0.5) is 0 Å². The summed E-state index contributed by atoms with van der Waals surface area (Å²) in [6.45, 7) is 0. The first-order valence-corrected chi connectivity index (χ1v) is 4.42. The van der Waals surface area contributed by atoms with Crippen molar-refractivity contribution in [3.8, 4) is 0 Å². The second-order valence-corrected chi connectivity index (χ2v) is 3.65. The van der Waals surface area contributed by atoms with E-state index in [0.717, 1.165) is 12.8 Å². The monoisotopic (exact) mass is 173 g/mol. The summed E-state index contributed by atoms with van der Waals surface area (Å²) in [5.41, 5.74) is 1.22. The molecule has 0 heteroatoms. The molecule has 1 atom stereocenters. The van der Waals surface area contributed by atoms with Crippen LogP contribution in [0.3, 0.4) is 0 Å². The quantitative estimate of drug-likeness (QED) is 0.611. The van der Waals surface area contributed by atoms with Gasteiger partial charge in [0.2, 0.25) is 0 Å². The van der Waals surface area contributed by atoms with Crippen molar-refractivity contribution in [3.05, 3.63) is 59.6 Å². The van der Waals surface area contributed by atoms with E-state index in [4.69, 9.17) is 6.85 Å². The maximum atomic E-state index is 8.02. The van der Waals surface area contributed by atoms with E-state index in [-0.39, 0.29) is 30.2 Å². The average Bonchev–Trinajstić information content (AvgIpc) is 2.95. The molecule has 0 radical (unpaired) electrons. The SMILES string of the molecule is [2H]c1c([2H])c([2H])c(C23C=CC(=CC2)C3)c([2H])c1[2H]. The molecule has 0 aromatic heterocycles. The Kier molecular flexibility index (Phi) is 0.692. The lowest BCUT2D eigenvalue weighted by molar-refractivity contribution is 0.591. The summed E-state index contributed by atoms with van der Waals surface area (Å²) in [7, 11) is 0. The fourth-order valence-electron chi connectivity index (χ4n) is 2.12. The fraction of sp³-hybridized carbons (Fsp3) is 0.231. The molecule has 3 rings (SSSR count). The Hall–Kier alpha value is -1.30. The molecule has 13 heavy (non-hydrogen) atoms. The third kappa shape index (κ3) is 0.918. The highest BCUT2D eigenvalue weighted by molar-refractivity contribution is 5.47. The van der Waals surface area contributed by atoms with E-state index < -0.39 is 5.41 Å². The van der Waals surface area contributed by atoms with Crippen LogP contribution < -0.4 is 0 Å². The highest BCUT2D eigenvalue weighted by Crippen LogP contribution is 2.46. The zero-order chi connectivity index (χ0) is 13.1. The minimum absolute atomic E-state index is 0.0674. The Labute approximate surface area is 85.6 Å². The molecule has 0 saturated carbocycles. The van der Waals surface area contributed by atoms with Gasteiger partial charge < -0.3 is 0 Å². The molecule has 0 aliphatic heterocycles. The van der Waals surface area contributed by atoms with Crippen LogP contribution in [-0.2, 0) is 5.41 Å². The zero-order valence-corrected chi connectivity index (χ0v) is 7.15. The lowest BCUT2D eigenvalue weighted by Crippen LogP contribution is -2.17. The molecular weight excluding hydrogens is 156 g/mol. The van der Waals surface area contributed by atoms with Crippen molar-refractivity contribution in [3.63, 3.8) is 0 Å². The molecule has 0 fully saturated rings. The summed E-state index contributed by atoms with van der Waals surface area (Å²) in [5.74, 6) is 0. The van der Waals surface area contributed by atoms with E-state index in [0.29, 0.717) is 5.56 Å². The van der Waals surface area contributed by atoms with Gasteiger partial charge in [-0.3, -0.25) is 0 Å². The van der Waals surface area contributed by atoms with Crippen LogP contribution in [0.15, 0.2) is 54.0 Å². The zero-order valence-electron chi connectivity index (χ0n) is 12.1. The van der Waals surface area contributed by atoms with Gasteiger partial charge in [0.15, 0.2) is 0 Å². The summed E-state index contributed by atoms with van der Waals surface area (Å²) in [6, 6.07) is -0.939. The first-order chi connectivity index (χ1) is 8.46. The summed E-state index contributed by atoms with van der Waals surface area (Å²) in [4.78, 5) is 0. The molecular formula is C13H12. The molecule has 2 aliphatic carbocycles. The van der Waals surface area contributed by atoms with E-state index >= 15 is 0 Å². The number of benzene rings is 1. The first kappa shape index (κ1) is 3.83. The Balaban J connectivity index is 2.28. The van der Waals surface area contributed by atoms with Gasteiger partial charge in [-0.05, 0) is 18.4 Å². The molecule has 0 saturated heterocycles. The van der Waals surface area contributed by atoms with E-state index in [2.05, 4.69) is 6.08 Å². The lowest BCUT2D eigenvalue weighted by atomic mass is 9.80. The van der Waals surface area contributed by atoms with Crippen LogP contribution in [0, 0.1) is 0 Å². The molecule has 0 nitrogen and oxygen atoms in total. The highest BCUT2D eigenvalue weighted by atomic mass is 14.4. The highest BCUT2D eigenvalue weighted by Gasteiger charge is 2.36. The number of hydrogen-bond donors (Lipinski definition) is 0. The van der Waals surface area contributed by atoms with Crippen LogP contribution in [0.2, 0.25) is 0 Å². The van der Waals surface area contributed by atoms with Crippen molar-refractivity contribution >= 4 is 0 Å². The van der Waals surface area contributed by atoms with Crippen LogP contribution >= 0.6 is 0 Å². The normalized spacial score (nSPS) is 34.8. The van der Waals surface area contributed by atoms with Gasteiger partial charge in [-0.2, -0.15) is 0 Å². The number of hydrogen-bond acceptors (Lipinski definition) is 0. The Morgan fingerprint density at radius 1 is 1.23 bits per heavy atom. The van der Waals surface area contributed by atoms with Crippen molar-refractivity contribution in [2.24, 2.45) is 0 Å². The maximum Gasteiger partial charge on any atom is 0.0626 e. The molecule has 0 heterocycles. The minimum atomic E-state index is -0.414. The van der Waals surface area contributed by atoms with Crippen LogP contribution in [0.25, 0.3) is 0 Å². The topological polar surface area (TPSA) is 0 Å². The lowest BCUT2D eigenvalue weighted by Gasteiger charge is -2.23. The fourth-order valence-corrected chi connectivity index (χ4v) is 2.12. The van der Waals surface area contributed by atoms with E-state index in [9.17, 15) is 0 Å². The number of allylic oxidation sites excluding steroid dienone is 4. The minimum Gasteiger partial charge on any atom is -0.0801 e. The van der Waals surface area contributed by atoms with Gasteiger partial charge in [0, 0.05) is 5.41 Å². The number of rotatable bonds is 1. The van der Waals surface area contributed by atoms with Gasteiger partial charge in [-0.15, -0.1) is 0 Å². The molecule has 64 valence electrons. The van der Waals surface area contributed by atoms with Crippen LogP contribution in [0.5, 0.6) is 0 Å². The van der Waals surface area contributed by atoms with Gasteiger partial charge >= 0.3 is 0 Å². The molecule has 0 spiro atoms. The van der Waals surface area contributed by atoms with Crippen molar-refractivity contribution in [2.45, 2.75) is 18.3 Å². The summed E-state index contributed by atoms with van der Waals surface area (Å²) < 4.78 is 39.1. The van der Waals surface area contributed by atoms with E-state index in [1.54, 1.807) is 0 Å². The number of fused-ring (bicyclic) bond motifs is 2. The van der Waals surface area contributed by atoms with Crippen molar-refractivity contribution in [1.82, 2.24) is 0 Å². The van der Waals surface area contributed by atoms with Crippen molar-refractivity contribution in [2.75, 3.05) is 0 Å². The summed E-state index contributed by atoms with van der Waals surface area (Å²) >= 11 is 0. The molecule has 0 amide bonds. The molecule has 1 aromatic carbocycles. The smallest absolute Gasteiger partial charge is 0.0626 e. The Morgan fingerprint density at radius 2 is 2.08 bits per heavy atom. The van der Waals surface area contributed by atoms with Gasteiger partial charge in [0.25, 0.3) is 0 Å². The third-order valence-electron chi connectivity index (χ3n) is 2.86. The van der Waals surface area contributed by atoms with Crippen molar-refractivity contribution < 1.29 is 6.85 Å². The molecule has 1 unspecified atom stereocenters. The van der Waals surface area contributed by atoms with Gasteiger partial charge in [0.1, 0.15) is 0 Å². The Bertz CT molecular complexity index is 585. The molecule has 1 aromatic rings. The standard InChI is InChI=1S/C13H12/c1-2-4-12(5-3-1)13-8-6-11(10-13)7-9-13/h1-8H,9-10H2/i1D,2D,3D,4D,5D. The second kappa shape index (κ2) is 2.35. The summed E-state index contributed by atoms with van der Waals surface area (Å²) in [6.07, 6.45) is 7.54. The average molecular weight is 173 g/mol. The maximum absolute atomic E-state index is 8.02. The Morgan fingerprint density at radius 3 is 2.62 bits per heavy atom. The summed E-state index contributed by atoms with van der Waals surface area (Å²) in [5, 5.41) is 0.